The van der Waals surface area contributed by atoms with Crippen LogP contribution in [0.15, 0.2) is 76.8 Å². The molecule has 0 aliphatic heterocycles. The highest BCUT2D eigenvalue weighted by Gasteiger charge is 2.20. The van der Waals surface area contributed by atoms with Crippen LogP contribution < -0.4 is 10.9 Å². The monoisotopic (exact) mass is 419 g/mol. The number of thioether (sulfide) groups is 1. The Morgan fingerprint density at radius 3 is 2.43 bits per heavy atom. The molecule has 152 valence electrons. The van der Waals surface area contributed by atoms with Gasteiger partial charge in [0.15, 0.2) is 10.8 Å². The number of para-hydroxylation sites is 1. The van der Waals surface area contributed by atoms with Crippen molar-refractivity contribution < 1.29 is 4.79 Å². The van der Waals surface area contributed by atoms with Crippen molar-refractivity contribution in [2.75, 3.05) is 0 Å². The Labute approximate surface area is 177 Å². The van der Waals surface area contributed by atoms with Crippen molar-refractivity contribution in [2.45, 2.75) is 30.3 Å². The standard InChI is InChI=1S/C22H21N5O2S/c1-14(16-9-5-3-6-10-16)24-20(28)15(2)30-22-25-19-18(21(29)26-22)13-23-27(19)17-11-7-4-8-12-17/h3-15H,1-2H3,(H,24,28)(H,25,26,29). The number of carbonyl (C=O) groups excluding carboxylic acids is 1. The molecule has 0 aliphatic rings. The molecule has 0 spiro atoms. The van der Waals surface area contributed by atoms with E-state index in [1.165, 1.54) is 18.0 Å². The van der Waals surface area contributed by atoms with E-state index in [0.717, 1.165) is 11.3 Å². The van der Waals surface area contributed by atoms with Crippen LogP contribution in [0.25, 0.3) is 16.7 Å². The third-order valence-corrected chi connectivity index (χ3v) is 5.72. The van der Waals surface area contributed by atoms with E-state index in [1.807, 2.05) is 67.6 Å². The number of hydrogen-bond acceptors (Lipinski definition) is 5. The number of carbonyl (C=O) groups is 1. The summed E-state index contributed by atoms with van der Waals surface area (Å²) in [6.45, 7) is 3.73. The van der Waals surface area contributed by atoms with Gasteiger partial charge >= 0.3 is 0 Å². The zero-order valence-electron chi connectivity index (χ0n) is 16.6. The second-order valence-electron chi connectivity index (χ2n) is 6.90. The van der Waals surface area contributed by atoms with Crippen LogP contribution in [0.2, 0.25) is 0 Å². The molecule has 0 aliphatic carbocycles. The average molecular weight is 420 g/mol. The van der Waals surface area contributed by atoms with Gasteiger partial charge in [0.2, 0.25) is 5.91 Å². The molecular formula is C22H21N5O2S. The van der Waals surface area contributed by atoms with E-state index in [0.29, 0.717) is 16.2 Å². The SMILES string of the molecule is CC(Sc1nc2c(cnn2-c2ccccc2)c(=O)[nH]1)C(=O)NC(C)c1ccccc1. The lowest BCUT2D eigenvalue weighted by Crippen LogP contribution is -2.33. The Morgan fingerprint density at radius 1 is 1.07 bits per heavy atom. The minimum atomic E-state index is -0.440. The molecule has 30 heavy (non-hydrogen) atoms. The number of nitrogens with one attached hydrogen (secondary N) is 2. The molecular weight excluding hydrogens is 398 g/mol. The van der Waals surface area contributed by atoms with Gasteiger partial charge in [-0.25, -0.2) is 9.67 Å². The van der Waals surface area contributed by atoms with Crippen LogP contribution in [0.3, 0.4) is 0 Å². The van der Waals surface area contributed by atoms with Gasteiger partial charge in [0.25, 0.3) is 5.56 Å². The molecule has 2 heterocycles. The molecule has 2 unspecified atom stereocenters. The zero-order chi connectivity index (χ0) is 21.1. The summed E-state index contributed by atoms with van der Waals surface area (Å²) in [5.41, 5.74) is 2.01. The number of aromatic amines is 1. The fourth-order valence-electron chi connectivity index (χ4n) is 3.09. The van der Waals surface area contributed by atoms with E-state index in [4.69, 9.17) is 0 Å². The smallest absolute Gasteiger partial charge is 0.262 e. The summed E-state index contributed by atoms with van der Waals surface area (Å²) in [6, 6.07) is 19.1. The number of aromatic nitrogens is 4. The van der Waals surface area contributed by atoms with Gasteiger partial charge in [0, 0.05) is 0 Å². The van der Waals surface area contributed by atoms with Crippen molar-refractivity contribution in [1.29, 1.82) is 0 Å². The molecule has 1 amide bonds. The Balaban J connectivity index is 1.54. The van der Waals surface area contributed by atoms with Crippen LogP contribution in [0.5, 0.6) is 0 Å². The van der Waals surface area contributed by atoms with E-state index in [1.54, 1.807) is 11.6 Å². The fraction of sp³-hybridized carbons (Fsp3) is 0.182. The molecule has 2 N–H and O–H groups in total. The van der Waals surface area contributed by atoms with Crippen LogP contribution in [-0.4, -0.2) is 30.9 Å². The lowest BCUT2D eigenvalue weighted by atomic mass is 10.1. The van der Waals surface area contributed by atoms with Gasteiger partial charge in [-0.2, -0.15) is 5.10 Å². The van der Waals surface area contributed by atoms with E-state index < -0.39 is 5.25 Å². The maximum Gasteiger partial charge on any atom is 0.262 e. The molecule has 0 saturated heterocycles. The predicted molar refractivity (Wildman–Crippen MR) is 118 cm³/mol. The van der Waals surface area contributed by atoms with Gasteiger partial charge in [0.1, 0.15) is 5.39 Å². The minimum absolute atomic E-state index is 0.115. The Hall–Kier alpha value is -3.39. The van der Waals surface area contributed by atoms with Gasteiger partial charge in [0.05, 0.1) is 23.2 Å². The minimum Gasteiger partial charge on any atom is -0.349 e. The average Bonchev–Trinajstić information content (AvgIpc) is 3.19. The molecule has 8 heteroatoms. The van der Waals surface area contributed by atoms with Crippen molar-refractivity contribution in [2.24, 2.45) is 0 Å². The number of fused-ring (bicyclic) bond motifs is 1. The van der Waals surface area contributed by atoms with Crippen molar-refractivity contribution in [3.63, 3.8) is 0 Å². The highest BCUT2D eigenvalue weighted by Crippen LogP contribution is 2.22. The van der Waals surface area contributed by atoms with Crippen LogP contribution in [0.4, 0.5) is 0 Å². The van der Waals surface area contributed by atoms with Crippen LogP contribution in [0.1, 0.15) is 25.5 Å². The van der Waals surface area contributed by atoms with Crippen LogP contribution >= 0.6 is 11.8 Å². The molecule has 0 fully saturated rings. The Morgan fingerprint density at radius 2 is 1.73 bits per heavy atom. The lowest BCUT2D eigenvalue weighted by Gasteiger charge is -2.17. The Kier molecular flexibility index (Phi) is 5.67. The molecule has 0 bridgehead atoms. The number of rotatable bonds is 6. The highest BCUT2D eigenvalue weighted by molar-refractivity contribution is 8.00. The summed E-state index contributed by atoms with van der Waals surface area (Å²) in [5.74, 6) is -0.129. The quantitative estimate of drug-likeness (QED) is 0.369. The molecule has 2 aromatic carbocycles. The van der Waals surface area contributed by atoms with Crippen molar-refractivity contribution >= 4 is 28.7 Å². The lowest BCUT2D eigenvalue weighted by molar-refractivity contribution is -0.120. The summed E-state index contributed by atoms with van der Waals surface area (Å²) in [6.07, 6.45) is 1.50. The molecule has 0 radical (unpaired) electrons. The first kappa shape index (κ1) is 19.9. The van der Waals surface area contributed by atoms with E-state index >= 15 is 0 Å². The molecule has 4 rings (SSSR count). The normalized spacial score (nSPS) is 13.1. The topological polar surface area (TPSA) is 92.7 Å². The first-order chi connectivity index (χ1) is 14.5. The van der Waals surface area contributed by atoms with Gasteiger partial charge in [-0.15, -0.1) is 0 Å². The maximum atomic E-state index is 12.6. The number of benzene rings is 2. The predicted octanol–water partition coefficient (Wildman–Crippen LogP) is 3.47. The maximum absolute atomic E-state index is 12.6. The zero-order valence-corrected chi connectivity index (χ0v) is 17.4. The van der Waals surface area contributed by atoms with E-state index in [9.17, 15) is 9.59 Å². The summed E-state index contributed by atoms with van der Waals surface area (Å²) in [7, 11) is 0. The number of hydrogen-bond donors (Lipinski definition) is 2. The molecule has 0 saturated carbocycles. The first-order valence-electron chi connectivity index (χ1n) is 9.58. The molecule has 2 atom stereocenters. The second-order valence-corrected chi connectivity index (χ2v) is 8.23. The summed E-state index contributed by atoms with van der Waals surface area (Å²) in [5, 5.41) is 7.64. The summed E-state index contributed by atoms with van der Waals surface area (Å²) < 4.78 is 1.62. The largest absolute Gasteiger partial charge is 0.349 e. The van der Waals surface area contributed by atoms with Crippen LogP contribution in [-0.2, 0) is 4.79 Å². The van der Waals surface area contributed by atoms with Gasteiger partial charge in [-0.3, -0.25) is 9.59 Å². The first-order valence-corrected chi connectivity index (χ1v) is 10.5. The summed E-state index contributed by atoms with van der Waals surface area (Å²) >= 11 is 1.21. The number of amides is 1. The van der Waals surface area contributed by atoms with Crippen molar-refractivity contribution in [1.82, 2.24) is 25.1 Å². The van der Waals surface area contributed by atoms with E-state index in [-0.39, 0.29) is 17.5 Å². The second kappa shape index (κ2) is 8.54. The van der Waals surface area contributed by atoms with Crippen LogP contribution in [0, 0.1) is 0 Å². The Bertz CT molecular complexity index is 1220. The van der Waals surface area contributed by atoms with Gasteiger partial charge in [-0.05, 0) is 31.5 Å². The molecule has 4 aromatic rings. The van der Waals surface area contributed by atoms with Gasteiger partial charge < -0.3 is 10.3 Å². The molecule has 2 aromatic heterocycles. The summed E-state index contributed by atoms with van der Waals surface area (Å²) in [4.78, 5) is 32.5. The van der Waals surface area contributed by atoms with Crippen molar-refractivity contribution in [3.8, 4) is 5.69 Å². The fourth-order valence-corrected chi connectivity index (χ4v) is 3.89. The van der Waals surface area contributed by atoms with Crippen molar-refractivity contribution in [3.05, 3.63) is 82.8 Å². The number of H-pyrrole nitrogens is 1. The third kappa shape index (κ3) is 4.13. The third-order valence-electron chi connectivity index (χ3n) is 4.73. The number of nitrogens with zero attached hydrogens (tertiary/aromatic N) is 3. The van der Waals surface area contributed by atoms with E-state index in [2.05, 4.69) is 20.4 Å². The van der Waals surface area contributed by atoms with Gasteiger partial charge in [-0.1, -0.05) is 60.3 Å². The molecule has 7 nitrogen and oxygen atoms in total. The highest BCUT2D eigenvalue weighted by atomic mass is 32.2.